The molecule has 0 spiro atoms. The number of hydrogen-bond acceptors (Lipinski definition) is 4. The van der Waals surface area contributed by atoms with Gasteiger partial charge >= 0.3 is 0 Å². The van der Waals surface area contributed by atoms with Crippen LogP contribution in [0.2, 0.25) is 0 Å². The largest absolute Gasteiger partial charge is 0.224 e. The van der Waals surface area contributed by atoms with Crippen molar-refractivity contribution in [1.82, 2.24) is 4.72 Å². The second kappa shape index (κ2) is 5.38. The number of sulfone groups is 1. The first-order valence-corrected chi connectivity index (χ1v) is 9.00. The summed E-state index contributed by atoms with van der Waals surface area (Å²) in [5.74, 6) is 0.0127. The number of benzene rings is 1. The summed E-state index contributed by atoms with van der Waals surface area (Å²) in [7, 11) is -6.50. The fraction of sp³-hybridized carbons (Fsp3) is 0.455. The van der Waals surface area contributed by atoms with Crippen LogP contribution in [-0.4, -0.2) is 28.8 Å². The molecular formula is C11H17NO4S2. The summed E-state index contributed by atoms with van der Waals surface area (Å²) in [6.45, 7) is 3.27. The molecule has 1 rings (SSSR count). The maximum Gasteiger partial charge on any atom is 0.211 e. The Morgan fingerprint density at radius 1 is 1.11 bits per heavy atom. The highest BCUT2D eigenvalue weighted by Crippen LogP contribution is 2.16. The predicted octanol–water partition coefficient (Wildman–Crippen LogP) is 1.09. The maximum absolute atomic E-state index is 11.4. The standard InChI is InChI=1S/C11H17NO4S2/c1-4-18(15,16)12-9(2)10-5-7-11(8-6-10)17(3,13)14/h5-9,12H,4H2,1-3H3/t9-/m1/s1. The van der Waals surface area contributed by atoms with E-state index in [1.807, 2.05) is 0 Å². The van der Waals surface area contributed by atoms with Crippen molar-refractivity contribution in [2.45, 2.75) is 24.8 Å². The van der Waals surface area contributed by atoms with Gasteiger partial charge in [0, 0.05) is 12.3 Å². The molecule has 1 aromatic rings. The lowest BCUT2D eigenvalue weighted by molar-refractivity contribution is 0.568. The summed E-state index contributed by atoms with van der Waals surface area (Å²) in [6.07, 6.45) is 1.13. The lowest BCUT2D eigenvalue weighted by Gasteiger charge is -2.14. The van der Waals surface area contributed by atoms with Gasteiger partial charge in [0.2, 0.25) is 10.0 Å². The number of hydrogen-bond donors (Lipinski definition) is 1. The van der Waals surface area contributed by atoms with Crippen LogP contribution in [0.25, 0.3) is 0 Å². The van der Waals surface area contributed by atoms with Crippen molar-refractivity contribution < 1.29 is 16.8 Å². The molecule has 0 fully saturated rings. The fourth-order valence-electron chi connectivity index (χ4n) is 1.42. The summed E-state index contributed by atoms with van der Waals surface area (Å²) < 4.78 is 47.9. The van der Waals surface area contributed by atoms with Gasteiger partial charge in [0.25, 0.3) is 0 Å². The van der Waals surface area contributed by atoms with Crippen LogP contribution in [-0.2, 0) is 19.9 Å². The topological polar surface area (TPSA) is 80.3 Å². The smallest absolute Gasteiger partial charge is 0.211 e. The molecule has 0 bridgehead atoms. The minimum absolute atomic E-state index is 0.0127. The van der Waals surface area contributed by atoms with Crippen molar-refractivity contribution in [3.05, 3.63) is 29.8 Å². The van der Waals surface area contributed by atoms with Gasteiger partial charge in [-0.3, -0.25) is 0 Å². The van der Waals surface area contributed by atoms with Crippen LogP contribution >= 0.6 is 0 Å². The van der Waals surface area contributed by atoms with Crippen molar-refractivity contribution >= 4 is 19.9 Å². The highest BCUT2D eigenvalue weighted by atomic mass is 32.2. The molecule has 0 aliphatic rings. The molecule has 1 atom stereocenters. The summed E-state index contributed by atoms with van der Waals surface area (Å²) >= 11 is 0. The molecule has 0 heterocycles. The first kappa shape index (κ1) is 15.1. The monoisotopic (exact) mass is 291 g/mol. The van der Waals surface area contributed by atoms with Crippen molar-refractivity contribution in [3.8, 4) is 0 Å². The molecule has 0 saturated carbocycles. The number of rotatable bonds is 5. The maximum atomic E-state index is 11.4. The van der Waals surface area contributed by atoms with E-state index in [0.29, 0.717) is 0 Å². The minimum Gasteiger partial charge on any atom is -0.224 e. The number of sulfonamides is 1. The van der Waals surface area contributed by atoms with Crippen LogP contribution in [0.1, 0.15) is 25.5 Å². The highest BCUT2D eigenvalue weighted by molar-refractivity contribution is 7.90. The van der Waals surface area contributed by atoms with Gasteiger partial charge in [-0.1, -0.05) is 12.1 Å². The van der Waals surface area contributed by atoms with E-state index >= 15 is 0 Å². The first-order chi connectivity index (χ1) is 8.15. The molecule has 0 radical (unpaired) electrons. The second-order valence-corrected chi connectivity index (χ2v) is 8.14. The summed E-state index contributed by atoms with van der Waals surface area (Å²) in [6, 6.07) is 5.78. The van der Waals surface area contributed by atoms with Crippen LogP contribution in [0.3, 0.4) is 0 Å². The van der Waals surface area contributed by atoms with E-state index < -0.39 is 19.9 Å². The van der Waals surface area contributed by atoms with Gasteiger partial charge in [-0.25, -0.2) is 21.6 Å². The Bertz CT molecular complexity index is 603. The van der Waals surface area contributed by atoms with Gasteiger partial charge in [-0.15, -0.1) is 0 Å². The molecule has 0 aliphatic heterocycles. The Morgan fingerprint density at radius 3 is 2.00 bits per heavy atom. The van der Waals surface area contributed by atoms with Gasteiger partial charge in [-0.05, 0) is 31.5 Å². The Balaban J connectivity index is 2.93. The van der Waals surface area contributed by atoms with E-state index in [2.05, 4.69) is 4.72 Å². The second-order valence-electron chi connectivity index (χ2n) is 4.08. The lowest BCUT2D eigenvalue weighted by Crippen LogP contribution is -2.28. The van der Waals surface area contributed by atoms with Crippen molar-refractivity contribution in [2.24, 2.45) is 0 Å². The fourth-order valence-corrected chi connectivity index (χ4v) is 2.90. The average molecular weight is 291 g/mol. The zero-order valence-corrected chi connectivity index (χ0v) is 12.2. The van der Waals surface area contributed by atoms with E-state index in [0.717, 1.165) is 11.8 Å². The molecule has 102 valence electrons. The molecule has 5 nitrogen and oxygen atoms in total. The van der Waals surface area contributed by atoms with Crippen LogP contribution in [0, 0.1) is 0 Å². The zero-order valence-electron chi connectivity index (χ0n) is 10.5. The molecule has 0 aliphatic carbocycles. The van der Waals surface area contributed by atoms with Crippen molar-refractivity contribution in [1.29, 1.82) is 0 Å². The zero-order chi connectivity index (χ0) is 14.0. The summed E-state index contributed by atoms with van der Waals surface area (Å²) in [5, 5.41) is 0. The van der Waals surface area contributed by atoms with E-state index in [-0.39, 0.29) is 16.7 Å². The molecule has 1 aromatic carbocycles. The Morgan fingerprint density at radius 2 is 1.61 bits per heavy atom. The van der Waals surface area contributed by atoms with Crippen LogP contribution in [0.5, 0.6) is 0 Å². The highest BCUT2D eigenvalue weighted by Gasteiger charge is 2.14. The molecule has 0 amide bonds. The summed E-state index contributed by atoms with van der Waals surface area (Å²) in [5.41, 5.74) is 0.722. The van der Waals surface area contributed by atoms with Crippen LogP contribution in [0.15, 0.2) is 29.2 Å². The van der Waals surface area contributed by atoms with Crippen molar-refractivity contribution in [3.63, 3.8) is 0 Å². The molecule has 7 heteroatoms. The predicted molar refractivity (Wildman–Crippen MR) is 70.6 cm³/mol. The molecule has 18 heavy (non-hydrogen) atoms. The number of nitrogens with one attached hydrogen (secondary N) is 1. The first-order valence-electron chi connectivity index (χ1n) is 5.46. The lowest BCUT2D eigenvalue weighted by atomic mass is 10.1. The van der Waals surface area contributed by atoms with Crippen molar-refractivity contribution in [2.75, 3.05) is 12.0 Å². The molecule has 0 aromatic heterocycles. The molecule has 1 N–H and O–H groups in total. The SMILES string of the molecule is CCS(=O)(=O)N[C@H](C)c1ccc(S(C)(=O)=O)cc1. The van der Waals surface area contributed by atoms with E-state index in [4.69, 9.17) is 0 Å². The van der Waals surface area contributed by atoms with Gasteiger partial charge in [0.05, 0.1) is 10.6 Å². The minimum atomic E-state index is -3.27. The average Bonchev–Trinajstić information content (AvgIpc) is 2.27. The molecular weight excluding hydrogens is 274 g/mol. The summed E-state index contributed by atoms with van der Waals surface area (Å²) in [4.78, 5) is 0.219. The molecule has 0 saturated heterocycles. The van der Waals surface area contributed by atoms with Gasteiger partial charge in [0.15, 0.2) is 9.84 Å². The van der Waals surface area contributed by atoms with Gasteiger partial charge in [-0.2, -0.15) is 0 Å². The van der Waals surface area contributed by atoms with Gasteiger partial charge in [0.1, 0.15) is 0 Å². The third kappa shape index (κ3) is 4.08. The van der Waals surface area contributed by atoms with Crippen LogP contribution in [0.4, 0.5) is 0 Å². The van der Waals surface area contributed by atoms with E-state index in [1.165, 1.54) is 12.1 Å². The van der Waals surface area contributed by atoms with E-state index in [1.54, 1.807) is 26.0 Å². The molecule has 0 unspecified atom stereocenters. The normalized spacial score (nSPS) is 14.4. The van der Waals surface area contributed by atoms with Crippen LogP contribution < -0.4 is 4.72 Å². The Hall–Kier alpha value is -0.920. The Kier molecular flexibility index (Phi) is 4.52. The van der Waals surface area contributed by atoms with Gasteiger partial charge < -0.3 is 0 Å². The third-order valence-electron chi connectivity index (χ3n) is 2.54. The quantitative estimate of drug-likeness (QED) is 0.880. The van der Waals surface area contributed by atoms with E-state index in [9.17, 15) is 16.8 Å². The Labute approximate surface area is 108 Å². The third-order valence-corrected chi connectivity index (χ3v) is 5.15.